The fourth-order valence-electron chi connectivity index (χ4n) is 1.09. The van der Waals surface area contributed by atoms with E-state index in [1.54, 1.807) is 0 Å². The third-order valence-electron chi connectivity index (χ3n) is 1.90. The van der Waals surface area contributed by atoms with Crippen LogP contribution >= 0.6 is 11.6 Å². The fraction of sp³-hybridized carbons (Fsp3) is 0.222. The van der Waals surface area contributed by atoms with Gasteiger partial charge in [0.25, 0.3) is 0 Å². The summed E-state index contributed by atoms with van der Waals surface area (Å²) in [4.78, 5) is 10.6. The number of carbonyl (C=O) groups is 1. The van der Waals surface area contributed by atoms with E-state index in [0.717, 1.165) is 0 Å². The van der Waals surface area contributed by atoms with Crippen molar-refractivity contribution in [3.8, 4) is 5.75 Å². The van der Waals surface area contributed by atoms with Gasteiger partial charge < -0.3 is 21.1 Å². The molecule has 2 unspecified atom stereocenters. The molecule has 15 heavy (non-hydrogen) atoms. The first-order valence-electron chi connectivity index (χ1n) is 4.07. The van der Waals surface area contributed by atoms with Crippen LogP contribution in [0, 0.1) is 0 Å². The topological polar surface area (TPSA) is 104 Å². The van der Waals surface area contributed by atoms with Gasteiger partial charge in [0, 0.05) is 10.6 Å². The van der Waals surface area contributed by atoms with Crippen molar-refractivity contribution in [1.82, 2.24) is 0 Å². The van der Waals surface area contributed by atoms with Gasteiger partial charge in [-0.1, -0.05) is 11.6 Å². The van der Waals surface area contributed by atoms with Gasteiger partial charge in [0.1, 0.15) is 11.9 Å². The molecule has 1 aromatic rings. The third-order valence-corrected chi connectivity index (χ3v) is 2.13. The van der Waals surface area contributed by atoms with Crippen molar-refractivity contribution in [3.63, 3.8) is 0 Å². The van der Waals surface area contributed by atoms with Gasteiger partial charge in [0.2, 0.25) is 5.91 Å². The van der Waals surface area contributed by atoms with Gasteiger partial charge in [0.05, 0.1) is 0 Å². The van der Waals surface area contributed by atoms with E-state index in [4.69, 9.17) is 17.3 Å². The molecule has 1 amide bonds. The number of phenols is 1. The molecule has 1 aromatic carbocycles. The van der Waals surface area contributed by atoms with Crippen LogP contribution in [0.25, 0.3) is 0 Å². The standard InChI is InChI=1S/C9H10ClNO4/c10-4-1-2-6(12)5(3-4)7(13)8(14)9(11)15/h1-3,7-8,12-14H,(H2,11,15). The zero-order valence-electron chi connectivity index (χ0n) is 7.59. The molecule has 0 saturated heterocycles. The third kappa shape index (κ3) is 2.59. The van der Waals surface area contributed by atoms with Gasteiger partial charge in [-0.2, -0.15) is 0 Å². The molecule has 0 aliphatic rings. The number of hydrogen-bond donors (Lipinski definition) is 4. The van der Waals surface area contributed by atoms with Crippen LogP contribution in [0.15, 0.2) is 18.2 Å². The Kier molecular flexibility index (Phi) is 3.52. The molecule has 1 rings (SSSR count). The molecule has 0 radical (unpaired) electrons. The van der Waals surface area contributed by atoms with Crippen LogP contribution in [-0.2, 0) is 4.79 Å². The molecule has 0 saturated carbocycles. The van der Waals surface area contributed by atoms with E-state index in [2.05, 4.69) is 0 Å². The van der Waals surface area contributed by atoms with Crippen LogP contribution in [0.4, 0.5) is 0 Å². The maximum Gasteiger partial charge on any atom is 0.249 e. The summed E-state index contributed by atoms with van der Waals surface area (Å²) >= 11 is 5.63. The van der Waals surface area contributed by atoms with Crippen molar-refractivity contribution in [2.24, 2.45) is 5.73 Å². The molecule has 5 nitrogen and oxygen atoms in total. The highest BCUT2D eigenvalue weighted by Gasteiger charge is 2.25. The van der Waals surface area contributed by atoms with E-state index in [1.807, 2.05) is 0 Å². The van der Waals surface area contributed by atoms with E-state index >= 15 is 0 Å². The van der Waals surface area contributed by atoms with Crippen LogP contribution in [0.2, 0.25) is 5.02 Å². The lowest BCUT2D eigenvalue weighted by molar-refractivity contribution is -0.132. The molecule has 0 fully saturated rings. The van der Waals surface area contributed by atoms with Crippen LogP contribution in [-0.4, -0.2) is 27.3 Å². The molecule has 0 aliphatic heterocycles. The number of phenolic OH excluding ortho intramolecular Hbond substituents is 1. The maximum atomic E-state index is 10.6. The molecule has 5 N–H and O–H groups in total. The Labute approximate surface area is 90.7 Å². The lowest BCUT2D eigenvalue weighted by atomic mass is 10.0. The zero-order chi connectivity index (χ0) is 11.6. The van der Waals surface area contributed by atoms with E-state index < -0.39 is 18.1 Å². The predicted octanol–water partition coefficient (Wildman–Crippen LogP) is -0.0748. The molecule has 0 aliphatic carbocycles. The fourth-order valence-corrected chi connectivity index (χ4v) is 1.27. The van der Waals surface area contributed by atoms with Crippen molar-refractivity contribution in [3.05, 3.63) is 28.8 Å². The Morgan fingerprint density at radius 2 is 2.00 bits per heavy atom. The Bertz CT molecular complexity index is 382. The quantitative estimate of drug-likeness (QED) is 0.584. The minimum atomic E-state index is -1.78. The average molecular weight is 232 g/mol. The second-order valence-corrected chi connectivity index (χ2v) is 3.43. The minimum Gasteiger partial charge on any atom is -0.508 e. The molecule has 0 aromatic heterocycles. The van der Waals surface area contributed by atoms with Crippen LogP contribution in [0.1, 0.15) is 11.7 Å². The number of rotatable bonds is 3. The Morgan fingerprint density at radius 3 is 2.53 bits per heavy atom. The number of carbonyl (C=O) groups excluding carboxylic acids is 1. The number of primary amides is 1. The number of aliphatic hydroxyl groups excluding tert-OH is 2. The van der Waals surface area contributed by atoms with Crippen LogP contribution < -0.4 is 5.73 Å². The monoisotopic (exact) mass is 231 g/mol. The Balaban J connectivity index is 3.04. The van der Waals surface area contributed by atoms with Crippen molar-refractivity contribution in [2.75, 3.05) is 0 Å². The summed E-state index contributed by atoms with van der Waals surface area (Å²) in [6, 6.07) is 3.89. The SMILES string of the molecule is NC(=O)C(O)C(O)c1cc(Cl)ccc1O. The van der Waals surface area contributed by atoms with Gasteiger partial charge in [-0.25, -0.2) is 0 Å². The lowest BCUT2D eigenvalue weighted by Crippen LogP contribution is -2.33. The number of aromatic hydroxyl groups is 1. The number of halogens is 1. The summed E-state index contributed by atoms with van der Waals surface area (Å²) < 4.78 is 0. The number of hydrogen-bond acceptors (Lipinski definition) is 4. The van der Waals surface area contributed by atoms with Gasteiger partial charge in [-0.3, -0.25) is 4.79 Å². The first-order chi connectivity index (χ1) is 6.93. The molecule has 0 bridgehead atoms. The van der Waals surface area contributed by atoms with Gasteiger partial charge in [-0.05, 0) is 18.2 Å². The minimum absolute atomic E-state index is 0.0474. The second kappa shape index (κ2) is 4.48. The molecule has 0 spiro atoms. The molecular weight excluding hydrogens is 222 g/mol. The van der Waals surface area contributed by atoms with Crippen molar-refractivity contribution < 1.29 is 20.1 Å². The normalized spacial score (nSPS) is 14.6. The smallest absolute Gasteiger partial charge is 0.249 e. The summed E-state index contributed by atoms with van der Waals surface area (Å²) in [6.07, 6.45) is -3.38. The molecule has 2 atom stereocenters. The van der Waals surface area contributed by atoms with Crippen LogP contribution in [0.3, 0.4) is 0 Å². The molecule has 0 heterocycles. The van der Waals surface area contributed by atoms with Crippen molar-refractivity contribution in [2.45, 2.75) is 12.2 Å². The lowest BCUT2D eigenvalue weighted by Gasteiger charge is -2.16. The highest BCUT2D eigenvalue weighted by Crippen LogP contribution is 2.29. The first-order valence-corrected chi connectivity index (χ1v) is 4.45. The molecular formula is C9H10ClNO4. The van der Waals surface area contributed by atoms with Gasteiger partial charge in [0.15, 0.2) is 6.10 Å². The molecule has 6 heteroatoms. The summed E-state index contributed by atoms with van der Waals surface area (Å²) in [7, 11) is 0. The second-order valence-electron chi connectivity index (χ2n) is 3.00. The summed E-state index contributed by atoms with van der Waals surface area (Å²) in [6.45, 7) is 0. The summed E-state index contributed by atoms with van der Waals surface area (Å²) in [5.41, 5.74) is 4.75. The van der Waals surface area contributed by atoms with Crippen molar-refractivity contribution >= 4 is 17.5 Å². The number of benzene rings is 1. The van der Waals surface area contributed by atoms with Gasteiger partial charge >= 0.3 is 0 Å². The maximum absolute atomic E-state index is 10.6. The van der Waals surface area contributed by atoms with E-state index in [9.17, 15) is 20.1 Å². The zero-order valence-corrected chi connectivity index (χ0v) is 8.35. The Hall–Kier alpha value is -1.30. The number of aliphatic hydroxyl groups is 2. The van der Waals surface area contributed by atoms with E-state index in [0.29, 0.717) is 0 Å². The van der Waals surface area contributed by atoms with E-state index in [-0.39, 0.29) is 16.3 Å². The average Bonchev–Trinajstić information content (AvgIpc) is 2.19. The van der Waals surface area contributed by atoms with Crippen molar-refractivity contribution in [1.29, 1.82) is 0 Å². The number of nitrogens with two attached hydrogens (primary N) is 1. The van der Waals surface area contributed by atoms with Crippen LogP contribution in [0.5, 0.6) is 5.75 Å². The highest BCUT2D eigenvalue weighted by molar-refractivity contribution is 6.30. The predicted molar refractivity (Wildman–Crippen MR) is 53.3 cm³/mol. The summed E-state index contributed by atoms with van der Waals surface area (Å²) in [5.74, 6) is -1.35. The molecule has 82 valence electrons. The Morgan fingerprint density at radius 1 is 1.40 bits per heavy atom. The number of amides is 1. The van der Waals surface area contributed by atoms with Gasteiger partial charge in [-0.15, -0.1) is 0 Å². The highest BCUT2D eigenvalue weighted by atomic mass is 35.5. The summed E-state index contributed by atoms with van der Waals surface area (Å²) in [5, 5.41) is 28.3. The first kappa shape index (κ1) is 11.8. The largest absolute Gasteiger partial charge is 0.508 e. The van der Waals surface area contributed by atoms with E-state index in [1.165, 1.54) is 18.2 Å².